The van der Waals surface area contributed by atoms with E-state index in [9.17, 15) is 0 Å². The second kappa shape index (κ2) is 44.7. The zero-order valence-corrected chi connectivity index (χ0v) is 30.4. The summed E-state index contributed by atoms with van der Waals surface area (Å²) >= 11 is 0. The van der Waals surface area contributed by atoms with E-state index in [0.29, 0.717) is 23.7 Å². The van der Waals surface area contributed by atoms with Gasteiger partial charge in [-0.2, -0.15) is 23.7 Å². The van der Waals surface area contributed by atoms with Gasteiger partial charge in [-0.15, -0.1) is 0 Å². The minimum atomic E-state index is 0. The van der Waals surface area contributed by atoms with Crippen LogP contribution in [-0.2, 0) is 52.4 Å². The van der Waals surface area contributed by atoms with Crippen molar-refractivity contribution >= 4 is 0 Å². The van der Waals surface area contributed by atoms with Gasteiger partial charge in [0.2, 0.25) is 0 Å². The van der Waals surface area contributed by atoms with Crippen LogP contribution in [0.3, 0.4) is 0 Å². The molecule has 0 saturated heterocycles. The third-order valence-electron chi connectivity index (χ3n) is 6.17. The monoisotopic (exact) mass is 632 g/mol. The summed E-state index contributed by atoms with van der Waals surface area (Å²) in [6.45, 7) is 33.7. The molecule has 4 unspecified atom stereocenters. The zero-order valence-electron chi connectivity index (χ0n) is 25.5. The maximum Gasteiger partial charge on any atom is 4.00 e. The topological polar surface area (TPSA) is 0 Å². The van der Waals surface area contributed by atoms with Crippen LogP contribution in [0, 0.1) is 51.4 Å². The normalized spacial score (nSPS) is 13.1. The summed E-state index contributed by atoms with van der Waals surface area (Å²) in [5.41, 5.74) is 0. The molecular formula is C32H68Zr2. The van der Waals surface area contributed by atoms with Crippen molar-refractivity contribution in [2.75, 3.05) is 0 Å². The van der Waals surface area contributed by atoms with Crippen LogP contribution in [-0.4, -0.2) is 0 Å². The minimum Gasteiger partial charge on any atom is -0.340 e. The van der Waals surface area contributed by atoms with Crippen LogP contribution >= 0.6 is 0 Å². The maximum absolute atomic E-state index is 3.99. The molecule has 0 nitrogen and oxygen atoms in total. The molecule has 0 heterocycles. The third kappa shape index (κ3) is 54.6. The van der Waals surface area contributed by atoms with E-state index < -0.39 is 0 Å². The SMILES string of the molecule is [CH2-]C(CC)CCCC.[CH2-]C(CC)CCCC.[CH2-]C(CC)CCCC.[CH2-]C(CC)CCCC.[Zr+4].[Zr]. The molecule has 0 aromatic heterocycles. The van der Waals surface area contributed by atoms with Crippen molar-refractivity contribution in [3.8, 4) is 0 Å². The van der Waals surface area contributed by atoms with Crippen LogP contribution in [0.5, 0.6) is 0 Å². The molecule has 204 valence electrons. The molecule has 0 aliphatic rings. The van der Waals surface area contributed by atoms with Gasteiger partial charge in [0.15, 0.2) is 0 Å². The average Bonchev–Trinajstić information content (AvgIpc) is 2.83. The Bertz CT molecular complexity index is 224. The molecule has 34 heavy (non-hydrogen) atoms. The summed E-state index contributed by atoms with van der Waals surface area (Å²) in [6, 6.07) is 0. The predicted octanol–water partition coefficient (Wildman–Crippen LogP) is 12.1. The first-order valence-electron chi connectivity index (χ1n) is 14.6. The Kier molecular flexibility index (Phi) is 64.2. The fraction of sp³-hybridized carbons (Fsp3) is 0.875. The number of rotatable bonds is 16. The second-order valence-electron chi connectivity index (χ2n) is 9.67. The summed E-state index contributed by atoms with van der Waals surface area (Å²) < 4.78 is 0. The van der Waals surface area contributed by atoms with E-state index in [1.54, 1.807) is 0 Å². The molecule has 0 spiro atoms. The van der Waals surface area contributed by atoms with E-state index in [0.717, 1.165) is 0 Å². The molecule has 0 aliphatic carbocycles. The van der Waals surface area contributed by atoms with Crippen molar-refractivity contribution in [3.63, 3.8) is 0 Å². The largest absolute Gasteiger partial charge is 4.00 e. The van der Waals surface area contributed by atoms with Gasteiger partial charge in [-0.05, 0) is 0 Å². The Balaban J connectivity index is -0.0000000754. The molecule has 0 bridgehead atoms. The molecular weight excluding hydrogens is 567 g/mol. The molecule has 2 heteroatoms. The van der Waals surface area contributed by atoms with Crippen molar-refractivity contribution < 1.29 is 52.4 Å². The van der Waals surface area contributed by atoms with Crippen LogP contribution in [0.4, 0.5) is 0 Å². The van der Waals surface area contributed by atoms with E-state index in [1.807, 2.05) is 0 Å². The van der Waals surface area contributed by atoms with Gasteiger partial charge in [0.1, 0.15) is 0 Å². The second-order valence-corrected chi connectivity index (χ2v) is 9.67. The molecule has 0 fully saturated rings. The van der Waals surface area contributed by atoms with Gasteiger partial charge in [-0.1, -0.05) is 158 Å². The van der Waals surface area contributed by atoms with Gasteiger partial charge in [-0.25, -0.2) is 0 Å². The van der Waals surface area contributed by atoms with E-state index >= 15 is 0 Å². The zero-order chi connectivity index (χ0) is 25.6. The fourth-order valence-electron chi connectivity index (χ4n) is 2.79. The molecule has 0 aromatic rings. The summed E-state index contributed by atoms with van der Waals surface area (Å²) in [5, 5.41) is 0. The molecule has 4 atom stereocenters. The van der Waals surface area contributed by atoms with Gasteiger partial charge in [0.25, 0.3) is 0 Å². The summed E-state index contributed by atoms with van der Waals surface area (Å²) in [6.07, 6.45) is 20.8. The van der Waals surface area contributed by atoms with Crippen molar-refractivity contribution in [2.45, 2.75) is 158 Å². The molecule has 0 aliphatic heterocycles. The smallest absolute Gasteiger partial charge is 0.340 e. The predicted molar refractivity (Wildman–Crippen MR) is 155 cm³/mol. The third-order valence-corrected chi connectivity index (χ3v) is 6.17. The molecule has 0 amide bonds. The van der Waals surface area contributed by atoms with Crippen LogP contribution in [0.25, 0.3) is 0 Å². The Hall–Kier alpha value is 1.77. The molecule has 0 rings (SSSR count). The maximum atomic E-state index is 3.99. The van der Waals surface area contributed by atoms with Crippen molar-refractivity contribution in [2.24, 2.45) is 23.7 Å². The first kappa shape index (κ1) is 48.8. The Labute approximate surface area is 260 Å². The van der Waals surface area contributed by atoms with Gasteiger partial charge in [0, 0.05) is 26.2 Å². The Morgan fingerprint density at radius 1 is 0.382 bits per heavy atom. The quantitative estimate of drug-likeness (QED) is 0.148. The summed E-state index contributed by atoms with van der Waals surface area (Å²) in [7, 11) is 0. The summed E-state index contributed by atoms with van der Waals surface area (Å²) in [4.78, 5) is 0. The fourth-order valence-corrected chi connectivity index (χ4v) is 2.79. The first-order valence-corrected chi connectivity index (χ1v) is 14.6. The van der Waals surface area contributed by atoms with E-state index in [4.69, 9.17) is 0 Å². The van der Waals surface area contributed by atoms with Crippen LogP contribution < -0.4 is 0 Å². The minimum absolute atomic E-state index is 0. The number of hydrogen-bond donors (Lipinski definition) is 0. The summed E-state index contributed by atoms with van der Waals surface area (Å²) in [5.74, 6) is 2.81. The van der Waals surface area contributed by atoms with E-state index in [1.165, 1.54) is 103 Å². The average molecular weight is 635 g/mol. The van der Waals surface area contributed by atoms with Crippen molar-refractivity contribution in [1.82, 2.24) is 0 Å². The number of hydrogen-bond acceptors (Lipinski definition) is 0. The van der Waals surface area contributed by atoms with Gasteiger partial charge >= 0.3 is 26.2 Å². The molecule has 0 aromatic carbocycles. The van der Waals surface area contributed by atoms with Gasteiger partial charge in [0.05, 0.1) is 0 Å². The van der Waals surface area contributed by atoms with E-state index in [-0.39, 0.29) is 52.4 Å². The number of unbranched alkanes of at least 4 members (excludes halogenated alkanes) is 4. The van der Waals surface area contributed by atoms with Crippen LogP contribution in [0.2, 0.25) is 0 Å². The van der Waals surface area contributed by atoms with Crippen LogP contribution in [0.15, 0.2) is 0 Å². The van der Waals surface area contributed by atoms with E-state index in [2.05, 4.69) is 83.1 Å². The molecule has 0 N–H and O–H groups in total. The van der Waals surface area contributed by atoms with Gasteiger partial charge < -0.3 is 27.7 Å². The molecule has 0 saturated carbocycles. The van der Waals surface area contributed by atoms with Crippen molar-refractivity contribution in [3.05, 3.63) is 27.7 Å². The molecule has 0 radical (unpaired) electrons. The standard InChI is InChI=1S/4C8H17.2Zr/c4*1-4-6-7-8(3)5-2;;/h4*8H,3-7H2,1-2H3;;/q4*-1;;+4. The van der Waals surface area contributed by atoms with Gasteiger partial charge in [-0.3, -0.25) is 0 Å². The van der Waals surface area contributed by atoms with Crippen molar-refractivity contribution in [1.29, 1.82) is 0 Å². The first-order chi connectivity index (χ1) is 15.2. The van der Waals surface area contributed by atoms with Crippen LogP contribution in [0.1, 0.15) is 158 Å². The Morgan fingerprint density at radius 2 is 0.529 bits per heavy atom. The Morgan fingerprint density at radius 3 is 0.618 bits per heavy atom.